The Labute approximate surface area is 159 Å². The molecular formula is C17H15ClN4O3S. The van der Waals surface area contributed by atoms with E-state index < -0.39 is 0 Å². The molecule has 0 N–H and O–H groups in total. The van der Waals surface area contributed by atoms with Gasteiger partial charge in [-0.15, -0.1) is 10.2 Å². The van der Waals surface area contributed by atoms with E-state index in [1.165, 1.54) is 17.8 Å². The van der Waals surface area contributed by atoms with Crippen molar-refractivity contribution in [1.29, 1.82) is 0 Å². The highest BCUT2D eigenvalue weighted by Gasteiger charge is 2.15. The van der Waals surface area contributed by atoms with E-state index in [-0.39, 0.29) is 17.2 Å². The fourth-order valence-corrected chi connectivity index (χ4v) is 3.37. The predicted octanol–water partition coefficient (Wildman–Crippen LogP) is 4.25. The van der Waals surface area contributed by atoms with Gasteiger partial charge in [-0.1, -0.05) is 53.7 Å². The number of para-hydroxylation sites is 2. The second-order valence-corrected chi connectivity index (χ2v) is 6.70. The van der Waals surface area contributed by atoms with Gasteiger partial charge in [-0.25, -0.2) is 0 Å². The summed E-state index contributed by atoms with van der Waals surface area (Å²) in [7, 11) is 1.83. The first kappa shape index (κ1) is 18.2. The maximum atomic E-state index is 11.1. The molecule has 0 fully saturated rings. The number of hydrogen-bond donors (Lipinski definition) is 0. The number of halogens is 1. The summed E-state index contributed by atoms with van der Waals surface area (Å²) < 4.78 is 7.48. The number of nitrogens with zero attached hydrogens (tertiary/aromatic N) is 4. The number of rotatable bonds is 7. The van der Waals surface area contributed by atoms with Crippen LogP contribution in [0.25, 0.3) is 0 Å². The van der Waals surface area contributed by atoms with Crippen molar-refractivity contribution in [3.05, 3.63) is 75.1 Å². The third-order valence-corrected chi connectivity index (χ3v) is 5.04. The Hall–Kier alpha value is -2.58. The average Bonchev–Trinajstić information content (AvgIpc) is 2.99. The Morgan fingerprint density at radius 1 is 1.19 bits per heavy atom. The molecule has 134 valence electrons. The monoisotopic (exact) mass is 390 g/mol. The van der Waals surface area contributed by atoms with Gasteiger partial charge >= 0.3 is 0 Å². The highest BCUT2D eigenvalue weighted by atomic mass is 35.5. The van der Waals surface area contributed by atoms with Crippen LogP contribution in [0.4, 0.5) is 5.69 Å². The van der Waals surface area contributed by atoms with Crippen LogP contribution in [0.15, 0.2) is 53.7 Å². The molecular weight excluding hydrogens is 376 g/mol. The minimum absolute atomic E-state index is 0.101. The fourth-order valence-electron chi connectivity index (χ4n) is 2.25. The molecule has 1 aromatic heterocycles. The third kappa shape index (κ3) is 4.14. The Balaban J connectivity index is 1.66. The minimum Gasteiger partial charge on any atom is -0.484 e. The molecule has 0 saturated carbocycles. The Kier molecular flexibility index (Phi) is 5.75. The molecule has 0 atom stereocenters. The molecule has 0 aliphatic rings. The number of nitro groups is 1. The minimum atomic E-state index is -0.380. The van der Waals surface area contributed by atoms with Gasteiger partial charge < -0.3 is 9.30 Å². The summed E-state index contributed by atoms with van der Waals surface area (Å²) >= 11 is 7.45. The van der Waals surface area contributed by atoms with Crippen LogP contribution in [-0.4, -0.2) is 19.7 Å². The first-order valence-corrected chi connectivity index (χ1v) is 9.03. The van der Waals surface area contributed by atoms with Crippen molar-refractivity contribution in [3.63, 3.8) is 0 Å². The molecule has 0 bridgehead atoms. The molecule has 0 aliphatic heterocycles. The van der Waals surface area contributed by atoms with E-state index in [4.69, 9.17) is 16.3 Å². The number of benzene rings is 2. The van der Waals surface area contributed by atoms with Crippen molar-refractivity contribution < 1.29 is 9.66 Å². The summed E-state index contributed by atoms with van der Waals surface area (Å²) in [5.41, 5.74) is 0.740. The molecule has 2 aromatic carbocycles. The molecule has 3 rings (SSSR count). The van der Waals surface area contributed by atoms with E-state index >= 15 is 0 Å². The van der Waals surface area contributed by atoms with Gasteiger partial charge in [0.15, 0.2) is 11.0 Å². The Morgan fingerprint density at radius 3 is 2.69 bits per heavy atom. The van der Waals surface area contributed by atoms with Gasteiger partial charge in [0.05, 0.1) is 9.95 Å². The molecule has 0 saturated heterocycles. The highest BCUT2D eigenvalue weighted by molar-refractivity contribution is 7.98. The predicted molar refractivity (Wildman–Crippen MR) is 99.4 cm³/mol. The second-order valence-electron chi connectivity index (χ2n) is 5.35. The number of thioether (sulfide) groups is 1. The molecule has 26 heavy (non-hydrogen) atoms. The highest BCUT2D eigenvalue weighted by Crippen LogP contribution is 2.27. The van der Waals surface area contributed by atoms with E-state index in [0.29, 0.717) is 33.1 Å². The lowest BCUT2D eigenvalue weighted by Crippen LogP contribution is -2.04. The summed E-state index contributed by atoms with van der Waals surface area (Å²) in [5, 5.41) is 20.5. The Morgan fingerprint density at radius 2 is 1.92 bits per heavy atom. The normalized spacial score (nSPS) is 10.7. The van der Waals surface area contributed by atoms with Gasteiger partial charge in [-0.05, 0) is 12.1 Å². The molecule has 0 aliphatic carbocycles. The van der Waals surface area contributed by atoms with Gasteiger partial charge in [-0.3, -0.25) is 10.1 Å². The third-order valence-electron chi connectivity index (χ3n) is 3.66. The quantitative estimate of drug-likeness (QED) is 0.340. The first-order chi connectivity index (χ1) is 12.6. The molecule has 0 unspecified atom stereocenters. The first-order valence-electron chi connectivity index (χ1n) is 7.67. The zero-order chi connectivity index (χ0) is 18.5. The lowest BCUT2D eigenvalue weighted by Gasteiger charge is -2.08. The zero-order valence-corrected chi connectivity index (χ0v) is 15.4. The molecule has 3 aromatic rings. The van der Waals surface area contributed by atoms with E-state index in [9.17, 15) is 10.1 Å². The van der Waals surface area contributed by atoms with Crippen molar-refractivity contribution in [3.8, 4) is 5.75 Å². The maximum absolute atomic E-state index is 11.1. The molecule has 7 nitrogen and oxygen atoms in total. The van der Waals surface area contributed by atoms with Crippen LogP contribution >= 0.6 is 23.4 Å². The summed E-state index contributed by atoms with van der Waals surface area (Å²) in [5.74, 6) is 1.63. The van der Waals surface area contributed by atoms with E-state index in [2.05, 4.69) is 10.2 Å². The molecule has 0 amide bonds. The van der Waals surface area contributed by atoms with Crippen LogP contribution in [0.3, 0.4) is 0 Å². The topological polar surface area (TPSA) is 83.1 Å². The van der Waals surface area contributed by atoms with Gasteiger partial charge in [0.1, 0.15) is 12.4 Å². The Bertz CT molecular complexity index is 932. The van der Waals surface area contributed by atoms with Crippen LogP contribution in [0.1, 0.15) is 11.4 Å². The van der Waals surface area contributed by atoms with Crippen LogP contribution in [-0.2, 0) is 19.4 Å². The molecule has 9 heteroatoms. The summed E-state index contributed by atoms with van der Waals surface area (Å²) in [6.45, 7) is 0.222. The fraction of sp³-hybridized carbons (Fsp3) is 0.176. The maximum Gasteiger partial charge on any atom is 0.273 e. The SMILES string of the molecule is Cn1c(COc2ccccc2Cl)nnc1SCc1ccccc1[N+](=O)[O-]. The van der Waals surface area contributed by atoms with Crippen LogP contribution < -0.4 is 4.74 Å². The van der Waals surface area contributed by atoms with Crippen LogP contribution in [0.2, 0.25) is 5.02 Å². The molecule has 0 radical (unpaired) electrons. The van der Waals surface area contributed by atoms with Gasteiger partial charge in [-0.2, -0.15) is 0 Å². The number of nitro benzene ring substituents is 1. The average molecular weight is 391 g/mol. The van der Waals surface area contributed by atoms with Crippen molar-refractivity contribution in [1.82, 2.24) is 14.8 Å². The standard InChI is InChI=1S/C17H15ClN4O3S/c1-21-16(10-25-15-9-5-3-7-13(15)18)19-20-17(21)26-11-12-6-2-4-8-14(12)22(23)24/h2-9H,10-11H2,1H3. The summed E-state index contributed by atoms with van der Waals surface area (Å²) in [6.07, 6.45) is 0. The summed E-state index contributed by atoms with van der Waals surface area (Å²) in [4.78, 5) is 10.7. The zero-order valence-electron chi connectivity index (χ0n) is 13.8. The lowest BCUT2D eigenvalue weighted by atomic mass is 10.2. The van der Waals surface area contributed by atoms with Gasteiger partial charge in [0.25, 0.3) is 5.69 Å². The second kappa shape index (κ2) is 8.20. The van der Waals surface area contributed by atoms with Crippen LogP contribution in [0.5, 0.6) is 5.75 Å². The number of hydrogen-bond acceptors (Lipinski definition) is 6. The molecule has 1 heterocycles. The van der Waals surface area contributed by atoms with Crippen molar-refractivity contribution in [2.24, 2.45) is 7.05 Å². The van der Waals surface area contributed by atoms with E-state index in [1.807, 2.05) is 19.2 Å². The van der Waals surface area contributed by atoms with Gasteiger partial charge in [0.2, 0.25) is 0 Å². The van der Waals surface area contributed by atoms with Crippen LogP contribution in [0, 0.1) is 10.1 Å². The summed E-state index contributed by atoms with van der Waals surface area (Å²) in [6, 6.07) is 13.9. The lowest BCUT2D eigenvalue weighted by molar-refractivity contribution is -0.385. The van der Waals surface area contributed by atoms with E-state index in [1.54, 1.807) is 34.9 Å². The van der Waals surface area contributed by atoms with Gasteiger partial charge in [0, 0.05) is 24.4 Å². The van der Waals surface area contributed by atoms with Crippen molar-refractivity contribution in [2.45, 2.75) is 17.5 Å². The smallest absolute Gasteiger partial charge is 0.273 e. The number of aromatic nitrogens is 3. The van der Waals surface area contributed by atoms with Crippen molar-refractivity contribution in [2.75, 3.05) is 0 Å². The van der Waals surface area contributed by atoms with E-state index in [0.717, 1.165) is 0 Å². The van der Waals surface area contributed by atoms with Crippen molar-refractivity contribution >= 4 is 29.1 Å². The largest absolute Gasteiger partial charge is 0.484 e. The molecule has 0 spiro atoms. The number of ether oxygens (including phenoxy) is 1.